The molecule has 0 bridgehead atoms. The van der Waals surface area contributed by atoms with Gasteiger partial charge in [-0.2, -0.15) is 0 Å². The molecule has 4 atom stereocenters. The number of rotatable bonds is 15. The smallest absolute Gasteiger partial charge is 0.407 e. The maximum Gasteiger partial charge on any atom is 0.407 e. The number of benzene rings is 1. The van der Waals surface area contributed by atoms with Crippen LogP contribution in [0.5, 0.6) is 0 Å². The maximum atomic E-state index is 13.6. The molecule has 0 radical (unpaired) electrons. The van der Waals surface area contributed by atoms with Gasteiger partial charge in [-0.05, 0) is 54.9 Å². The summed E-state index contributed by atoms with van der Waals surface area (Å²) < 4.78 is 5.47. The van der Waals surface area contributed by atoms with Crippen LogP contribution in [0, 0.1) is 23.7 Å². The molecule has 1 saturated carbocycles. The summed E-state index contributed by atoms with van der Waals surface area (Å²) >= 11 is 0. The van der Waals surface area contributed by atoms with Crippen LogP contribution >= 0.6 is 0 Å². The zero-order valence-corrected chi connectivity index (χ0v) is 26.7. The number of hydrogen-bond acceptors (Lipinski definition) is 6. The molecule has 2 aromatic carbocycles. The zero-order chi connectivity index (χ0) is 31.7. The van der Waals surface area contributed by atoms with Gasteiger partial charge in [0.25, 0.3) is 0 Å². The van der Waals surface area contributed by atoms with Crippen LogP contribution in [-0.2, 0) is 14.3 Å². The number of amides is 3. The first-order valence-electron chi connectivity index (χ1n) is 15.9. The van der Waals surface area contributed by atoms with Gasteiger partial charge in [-0.15, -0.1) is 0 Å². The van der Waals surface area contributed by atoms with E-state index in [-0.39, 0.29) is 23.2 Å². The quantitative estimate of drug-likeness (QED) is 0.228. The number of carbonyl (C=O) groups excluding carboxylic acids is 3. The van der Waals surface area contributed by atoms with Crippen molar-refractivity contribution in [3.63, 3.8) is 0 Å². The van der Waals surface area contributed by atoms with Crippen molar-refractivity contribution in [1.82, 2.24) is 16.0 Å². The highest BCUT2D eigenvalue weighted by molar-refractivity contribution is 5.91. The van der Waals surface area contributed by atoms with Gasteiger partial charge in [-0.25, -0.2) is 4.79 Å². The lowest BCUT2D eigenvalue weighted by atomic mass is 9.90. The molecular formula is C34H51N3O6. The second-order valence-corrected chi connectivity index (χ2v) is 13.3. The second-order valence-electron chi connectivity index (χ2n) is 13.3. The fourth-order valence-electron chi connectivity index (χ4n) is 5.82. The SMILES string of the molecule is CC(C)C[C@H](NC(=O)OCC1CCCCC1)C(=O)N[C@@H](CC(C)C)C(=O)N[C@@H](C(C)C)[C@H](O)c1c(-c2ccccc2)c1=O. The van der Waals surface area contributed by atoms with Gasteiger partial charge in [-0.3, -0.25) is 14.4 Å². The minimum atomic E-state index is -1.18. The van der Waals surface area contributed by atoms with Gasteiger partial charge < -0.3 is 25.8 Å². The summed E-state index contributed by atoms with van der Waals surface area (Å²) in [5, 5.41) is 19.7. The van der Waals surface area contributed by atoms with Crippen LogP contribution in [0.1, 0.15) is 98.2 Å². The first-order valence-corrected chi connectivity index (χ1v) is 15.9. The van der Waals surface area contributed by atoms with Crippen molar-refractivity contribution in [2.24, 2.45) is 23.7 Å². The predicted molar refractivity (Wildman–Crippen MR) is 168 cm³/mol. The van der Waals surface area contributed by atoms with Gasteiger partial charge in [-0.1, -0.05) is 91.1 Å². The monoisotopic (exact) mass is 597 g/mol. The lowest BCUT2D eigenvalue weighted by Gasteiger charge is -2.30. The molecule has 0 saturated heterocycles. The topological polar surface area (TPSA) is 134 Å². The lowest BCUT2D eigenvalue weighted by Crippen LogP contribution is -2.56. The van der Waals surface area contributed by atoms with Crippen molar-refractivity contribution in [2.75, 3.05) is 6.61 Å². The van der Waals surface area contributed by atoms with Crippen LogP contribution in [-0.4, -0.2) is 47.7 Å². The normalized spacial score (nSPS) is 17.1. The highest BCUT2D eigenvalue weighted by Crippen LogP contribution is 2.33. The average molecular weight is 598 g/mol. The Kier molecular flexibility index (Phi) is 12.8. The van der Waals surface area contributed by atoms with Crippen LogP contribution < -0.4 is 21.4 Å². The van der Waals surface area contributed by atoms with Gasteiger partial charge in [0, 0.05) is 11.1 Å². The van der Waals surface area contributed by atoms with Gasteiger partial charge in [0.1, 0.15) is 18.2 Å². The Bertz CT molecular complexity index is 1190. The molecule has 43 heavy (non-hydrogen) atoms. The molecule has 3 amide bonds. The number of aliphatic hydroxyl groups excluding tert-OH is 1. The van der Waals surface area contributed by atoms with Gasteiger partial charge in [0.15, 0.2) is 5.43 Å². The standard InChI is InChI=1S/C34H51N3O6/c1-20(2)17-25(35-32(40)26(18-21(3)4)36-34(42)43-19-23-13-9-7-10-14-23)33(41)37-29(22(5)6)31(39)28-27(30(28)38)24-15-11-8-12-16-24/h8,11-12,15-16,20-23,25-26,29,31,39H,7,9-10,13-14,17-19H2,1-6H3,(H,35,40)(H,36,42)(H,37,41)/t25-,26-,29-,31+/m0/s1. The summed E-state index contributed by atoms with van der Waals surface area (Å²) in [7, 11) is 0. The summed E-state index contributed by atoms with van der Waals surface area (Å²) in [4.78, 5) is 52.4. The van der Waals surface area contributed by atoms with Crippen molar-refractivity contribution < 1.29 is 24.2 Å². The van der Waals surface area contributed by atoms with Crippen LogP contribution in [0.3, 0.4) is 0 Å². The molecule has 0 unspecified atom stereocenters. The molecule has 9 heteroatoms. The van der Waals surface area contributed by atoms with Crippen molar-refractivity contribution in [3.05, 3.63) is 46.1 Å². The van der Waals surface area contributed by atoms with Gasteiger partial charge >= 0.3 is 6.09 Å². The molecule has 0 heterocycles. The summed E-state index contributed by atoms with van der Waals surface area (Å²) in [5.74, 6) is -0.564. The summed E-state index contributed by atoms with van der Waals surface area (Å²) in [6.45, 7) is 11.9. The number of carbonyl (C=O) groups is 3. The molecule has 3 rings (SSSR count). The first-order chi connectivity index (χ1) is 20.4. The summed E-state index contributed by atoms with van der Waals surface area (Å²) in [6, 6.07) is 6.65. The van der Waals surface area contributed by atoms with E-state index in [9.17, 15) is 24.3 Å². The van der Waals surface area contributed by atoms with E-state index in [1.165, 1.54) is 6.42 Å². The molecule has 4 N–H and O–H groups in total. The summed E-state index contributed by atoms with van der Waals surface area (Å²) in [5.41, 5.74) is 1.32. The Morgan fingerprint density at radius 3 is 1.95 bits per heavy atom. The van der Waals surface area contributed by atoms with E-state index in [4.69, 9.17) is 4.74 Å². The number of aliphatic hydroxyl groups is 1. The number of ether oxygens (including phenoxy) is 1. The molecule has 1 aliphatic carbocycles. The lowest BCUT2D eigenvalue weighted by molar-refractivity contribution is -0.131. The molecule has 9 nitrogen and oxygen atoms in total. The van der Waals surface area contributed by atoms with Crippen molar-refractivity contribution >= 4 is 17.9 Å². The largest absolute Gasteiger partial charge is 0.449 e. The van der Waals surface area contributed by atoms with E-state index in [2.05, 4.69) is 16.0 Å². The third-order valence-electron chi connectivity index (χ3n) is 8.23. The average Bonchev–Trinajstić information content (AvgIpc) is 3.64. The van der Waals surface area contributed by atoms with Crippen LogP contribution in [0.15, 0.2) is 35.1 Å². The Morgan fingerprint density at radius 2 is 1.40 bits per heavy atom. The van der Waals surface area contributed by atoms with Gasteiger partial charge in [0.05, 0.1) is 12.6 Å². The third-order valence-corrected chi connectivity index (χ3v) is 8.23. The van der Waals surface area contributed by atoms with E-state index in [1.807, 2.05) is 71.9 Å². The minimum Gasteiger partial charge on any atom is -0.449 e. The Morgan fingerprint density at radius 1 is 0.837 bits per heavy atom. The van der Waals surface area contributed by atoms with Crippen LogP contribution in [0.2, 0.25) is 0 Å². The Hall–Kier alpha value is -3.20. The van der Waals surface area contributed by atoms with Crippen LogP contribution in [0.4, 0.5) is 4.79 Å². The molecule has 0 aromatic heterocycles. The van der Waals surface area contributed by atoms with E-state index in [0.29, 0.717) is 36.5 Å². The fourth-order valence-corrected chi connectivity index (χ4v) is 5.82. The number of hydrogen-bond donors (Lipinski definition) is 4. The first kappa shape index (κ1) is 34.3. The minimum absolute atomic E-state index is 0.0767. The Labute approximate surface area is 256 Å². The molecule has 1 aliphatic rings. The fraction of sp³-hybridized carbons (Fsp3) is 0.647. The Balaban J connectivity index is 1.68. The van der Waals surface area contributed by atoms with Crippen LogP contribution in [0.25, 0.3) is 11.1 Å². The van der Waals surface area contributed by atoms with E-state index in [0.717, 1.165) is 31.2 Å². The molecule has 238 valence electrons. The van der Waals surface area contributed by atoms with Crippen molar-refractivity contribution in [2.45, 2.75) is 111 Å². The summed E-state index contributed by atoms with van der Waals surface area (Å²) in [6.07, 6.45) is 4.51. The molecule has 2 aromatic rings. The second kappa shape index (κ2) is 16.0. The molecule has 0 spiro atoms. The van der Waals surface area contributed by atoms with E-state index >= 15 is 0 Å². The molecule has 0 aliphatic heterocycles. The highest BCUT2D eigenvalue weighted by Gasteiger charge is 2.38. The predicted octanol–water partition coefficient (Wildman–Crippen LogP) is 5.02. The molecular weight excluding hydrogens is 546 g/mol. The maximum absolute atomic E-state index is 13.6. The van der Waals surface area contributed by atoms with Crippen molar-refractivity contribution in [3.8, 4) is 11.1 Å². The van der Waals surface area contributed by atoms with E-state index < -0.39 is 42.1 Å². The number of alkyl carbamates (subject to hydrolysis) is 1. The highest BCUT2D eigenvalue weighted by atomic mass is 16.5. The number of nitrogens with one attached hydrogen (secondary N) is 3. The third kappa shape index (κ3) is 10.2. The van der Waals surface area contributed by atoms with Gasteiger partial charge in [0.2, 0.25) is 11.8 Å². The van der Waals surface area contributed by atoms with Crippen molar-refractivity contribution in [1.29, 1.82) is 0 Å². The van der Waals surface area contributed by atoms with E-state index in [1.54, 1.807) is 0 Å². The zero-order valence-electron chi connectivity index (χ0n) is 26.7. The molecule has 1 fully saturated rings.